The number of halogens is 1. The Hall–Kier alpha value is -3.00. The van der Waals surface area contributed by atoms with Crippen molar-refractivity contribution < 1.29 is 0 Å². The van der Waals surface area contributed by atoms with Gasteiger partial charge in [-0.05, 0) is 30.7 Å². The van der Waals surface area contributed by atoms with E-state index in [1.165, 1.54) is 5.56 Å². The minimum absolute atomic E-state index is 0.0191. The minimum atomic E-state index is -0.0191. The van der Waals surface area contributed by atoms with Crippen LogP contribution in [0.2, 0.25) is 0 Å². The lowest BCUT2D eigenvalue weighted by molar-refractivity contribution is 0.726. The van der Waals surface area contributed by atoms with Crippen molar-refractivity contribution in [1.29, 1.82) is 0 Å². The highest BCUT2D eigenvalue weighted by Gasteiger charge is 2.26. The van der Waals surface area contributed by atoms with Crippen LogP contribution >= 0.6 is 15.9 Å². The summed E-state index contributed by atoms with van der Waals surface area (Å²) >= 11 is 3.49. The van der Waals surface area contributed by atoms with Gasteiger partial charge < -0.3 is 24.8 Å². The molecule has 0 bridgehead atoms. The number of aromatic nitrogens is 4. The number of pyridine rings is 1. The second-order valence-corrected chi connectivity index (χ2v) is 8.33. The first-order valence-electron chi connectivity index (χ1n) is 9.50. The van der Waals surface area contributed by atoms with E-state index in [-0.39, 0.29) is 11.6 Å². The van der Waals surface area contributed by atoms with Gasteiger partial charge in [-0.2, -0.15) is 0 Å². The summed E-state index contributed by atoms with van der Waals surface area (Å²) < 4.78 is 4.89. The SMILES string of the molecule is Cc1nc2c(n1Cc1ccc(Br)cc1)NC(c1cn(C)c(=O)c3[nH]ccc13)CN2. The van der Waals surface area contributed by atoms with E-state index in [0.29, 0.717) is 12.1 Å². The van der Waals surface area contributed by atoms with E-state index in [1.54, 1.807) is 11.6 Å². The Morgan fingerprint density at radius 3 is 2.83 bits per heavy atom. The fourth-order valence-corrected chi connectivity index (χ4v) is 4.24. The maximum atomic E-state index is 12.4. The van der Waals surface area contributed by atoms with Crippen molar-refractivity contribution in [3.63, 3.8) is 0 Å². The minimum Gasteiger partial charge on any atom is -0.365 e. The van der Waals surface area contributed by atoms with Gasteiger partial charge in [0.1, 0.15) is 11.3 Å². The number of aryl methyl sites for hydroxylation is 2. The van der Waals surface area contributed by atoms with Crippen LogP contribution in [0.15, 0.2) is 52.0 Å². The third-order valence-electron chi connectivity index (χ3n) is 5.50. The highest BCUT2D eigenvalue weighted by Crippen LogP contribution is 2.34. The molecule has 3 N–H and O–H groups in total. The molecule has 148 valence electrons. The number of hydrogen-bond acceptors (Lipinski definition) is 4. The van der Waals surface area contributed by atoms with Crippen LogP contribution in [0.4, 0.5) is 11.6 Å². The zero-order valence-corrected chi connectivity index (χ0v) is 17.7. The number of imidazole rings is 1. The van der Waals surface area contributed by atoms with Gasteiger partial charge in [-0.1, -0.05) is 28.1 Å². The van der Waals surface area contributed by atoms with E-state index < -0.39 is 0 Å². The maximum Gasteiger partial charge on any atom is 0.274 e. The lowest BCUT2D eigenvalue weighted by Crippen LogP contribution is -2.29. The molecule has 3 aromatic heterocycles. The third kappa shape index (κ3) is 3.04. The van der Waals surface area contributed by atoms with Crippen LogP contribution in [-0.2, 0) is 13.6 Å². The first-order valence-corrected chi connectivity index (χ1v) is 10.3. The van der Waals surface area contributed by atoms with Crippen LogP contribution in [-0.4, -0.2) is 25.6 Å². The van der Waals surface area contributed by atoms with Crippen molar-refractivity contribution in [3.05, 3.63) is 74.5 Å². The quantitative estimate of drug-likeness (QED) is 0.442. The Labute approximate surface area is 175 Å². The molecular weight excluding hydrogens is 432 g/mol. The number of rotatable bonds is 3. The fourth-order valence-electron chi connectivity index (χ4n) is 3.98. The van der Waals surface area contributed by atoms with Gasteiger partial charge in [0.25, 0.3) is 5.56 Å². The molecular formula is C21H21BrN6O. The summed E-state index contributed by atoms with van der Waals surface area (Å²) in [5, 5.41) is 8.07. The second kappa shape index (κ2) is 6.81. The van der Waals surface area contributed by atoms with Crippen LogP contribution < -0.4 is 16.2 Å². The Morgan fingerprint density at radius 2 is 2.03 bits per heavy atom. The Morgan fingerprint density at radius 1 is 1.24 bits per heavy atom. The van der Waals surface area contributed by atoms with Crippen molar-refractivity contribution >= 4 is 38.5 Å². The standard InChI is InChI=1S/C21H21BrN6O/c1-12-25-19-20(28(12)10-13-3-5-14(22)6-4-13)26-17(9-24-19)16-11-27(2)21(29)18-15(16)7-8-23-18/h3-8,11,17,23-24,26H,9-10H2,1-2H3. The van der Waals surface area contributed by atoms with Crippen molar-refractivity contribution in [1.82, 2.24) is 19.1 Å². The molecule has 1 aromatic carbocycles. The molecule has 4 aromatic rings. The first kappa shape index (κ1) is 18.1. The van der Waals surface area contributed by atoms with Crippen molar-refractivity contribution in [2.24, 2.45) is 7.05 Å². The van der Waals surface area contributed by atoms with Gasteiger partial charge in [0.05, 0.1) is 12.6 Å². The molecule has 4 heterocycles. The number of fused-ring (bicyclic) bond motifs is 2. The molecule has 5 rings (SSSR count). The predicted molar refractivity (Wildman–Crippen MR) is 119 cm³/mol. The molecule has 0 saturated heterocycles. The number of aromatic amines is 1. The molecule has 1 atom stereocenters. The molecule has 29 heavy (non-hydrogen) atoms. The van der Waals surface area contributed by atoms with Crippen LogP contribution in [0.5, 0.6) is 0 Å². The van der Waals surface area contributed by atoms with Gasteiger partial charge in [-0.25, -0.2) is 4.98 Å². The molecule has 1 aliphatic rings. The monoisotopic (exact) mass is 452 g/mol. The lowest BCUT2D eigenvalue weighted by Gasteiger charge is -2.28. The third-order valence-corrected chi connectivity index (χ3v) is 6.03. The summed E-state index contributed by atoms with van der Waals surface area (Å²) in [6.45, 7) is 3.45. The smallest absolute Gasteiger partial charge is 0.274 e. The van der Waals surface area contributed by atoms with Gasteiger partial charge >= 0.3 is 0 Å². The van der Waals surface area contributed by atoms with E-state index in [1.807, 2.05) is 25.4 Å². The molecule has 0 saturated carbocycles. The highest BCUT2D eigenvalue weighted by atomic mass is 79.9. The summed E-state index contributed by atoms with van der Waals surface area (Å²) in [6, 6.07) is 10.3. The lowest BCUT2D eigenvalue weighted by atomic mass is 10.0. The molecule has 1 unspecified atom stereocenters. The van der Waals surface area contributed by atoms with Crippen LogP contribution in [0.3, 0.4) is 0 Å². The van der Waals surface area contributed by atoms with E-state index in [0.717, 1.165) is 39.4 Å². The Kier molecular flexibility index (Phi) is 4.24. The first-order chi connectivity index (χ1) is 14.0. The van der Waals surface area contributed by atoms with Crippen LogP contribution in [0.25, 0.3) is 10.9 Å². The summed E-state index contributed by atoms with van der Waals surface area (Å²) in [7, 11) is 1.79. The summed E-state index contributed by atoms with van der Waals surface area (Å²) in [4.78, 5) is 20.2. The van der Waals surface area contributed by atoms with E-state index >= 15 is 0 Å². The topological polar surface area (TPSA) is 79.7 Å². The summed E-state index contributed by atoms with van der Waals surface area (Å²) in [5.41, 5.74) is 2.90. The van der Waals surface area contributed by atoms with Crippen molar-refractivity contribution in [2.75, 3.05) is 17.2 Å². The van der Waals surface area contributed by atoms with Crippen molar-refractivity contribution in [3.8, 4) is 0 Å². The molecule has 0 radical (unpaired) electrons. The van der Waals surface area contributed by atoms with Gasteiger partial charge in [0, 0.05) is 41.4 Å². The number of nitrogens with zero attached hydrogens (tertiary/aromatic N) is 3. The molecule has 1 aliphatic heterocycles. The second-order valence-electron chi connectivity index (χ2n) is 7.41. The van der Waals surface area contributed by atoms with Gasteiger partial charge in [-0.15, -0.1) is 0 Å². The average molecular weight is 453 g/mol. The molecule has 0 fully saturated rings. The van der Waals surface area contributed by atoms with Gasteiger partial charge in [0.2, 0.25) is 0 Å². The normalized spacial score (nSPS) is 15.8. The molecule has 8 heteroatoms. The highest BCUT2D eigenvalue weighted by molar-refractivity contribution is 9.10. The zero-order valence-electron chi connectivity index (χ0n) is 16.2. The summed E-state index contributed by atoms with van der Waals surface area (Å²) in [6.07, 6.45) is 3.74. The number of nitrogens with one attached hydrogen (secondary N) is 3. The van der Waals surface area contributed by atoms with E-state index in [9.17, 15) is 4.79 Å². The number of H-pyrrole nitrogens is 1. The zero-order chi connectivity index (χ0) is 20.1. The van der Waals surface area contributed by atoms with E-state index in [4.69, 9.17) is 4.98 Å². The fraction of sp³-hybridized carbons (Fsp3) is 0.238. The van der Waals surface area contributed by atoms with Gasteiger partial charge in [0.15, 0.2) is 11.6 Å². The summed E-state index contributed by atoms with van der Waals surface area (Å²) in [5.74, 6) is 2.79. The molecule has 0 amide bonds. The Balaban J connectivity index is 1.53. The average Bonchev–Trinajstić information content (AvgIpc) is 3.31. The number of hydrogen-bond donors (Lipinski definition) is 3. The largest absolute Gasteiger partial charge is 0.365 e. The number of benzene rings is 1. The number of anilines is 2. The van der Waals surface area contributed by atoms with Crippen LogP contribution in [0, 0.1) is 6.92 Å². The molecule has 0 aliphatic carbocycles. The molecule has 7 nitrogen and oxygen atoms in total. The van der Waals surface area contributed by atoms with Crippen LogP contribution in [0.1, 0.15) is 23.0 Å². The Bertz CT molecular complexity index is 1270. The predicted octanol–water partition coefficient (Wildman–Crippen LogP) is 3.76. The van der Waals surface area contributed by atoms with Gasteiger partial charge in [-0.3, -0.25) is 4.79 Å². The van der Waals surface area contributed by atoms with Crippen molar-refractivity contribution in [2.45, 2.75) is 19.5 Å². The maximum absolute atomic E-state index is 12.4. The van der Waals surface area contributed by atoms with E-state index in [2.05, 4.69) is 60.4 Å². The molecule has 0 spiro atoms.